The minimum atomic E-state index is -0.218. The zero-order valence-corrected chi connectivity index (χ0v) is 17.7. The highest BCUT2D eigenvalue weighted by Crippen LogP contribution is 2.33. The van der Waals surface area contributed by atoms with Crippen LogP contribution in [0, 0.1) is 5.82 Å². The summed E-state index contributed by atoms with van der Waals surface area (Å²) in [6.07, 6.45) is 5.29. The molecule has 1 aliphatic heterocycles. The highest BCUT2D eigenvalue weighted by molar-refractivity contribution is 5.75. The highest BCUT2D eigenvalue weighted by atomic mass is 19.1. The van der Waals surface area contributed by atoms with Gasteiger partial charge in [-0.1, -0.05) is 12.1 Å². The van der Waals surface area contributed by atoms with E-state index in [1.807, 2.05) is 34.8 Å². The second-order valence-electron chi connectivity index (χ2n) is 7.74. The summed E-state index contributed by atoms with van der Waals surface area (Å²) in [5.41, 5.74) is 5.53. The van der Waals surface area contributed by atoms with E-state index in [1.54, 1.807) is 14.2 Å². The van der Waals surface area contributed by atoms with Gasteiger partial charge in [0, 0.05) is 35.6 Å². The second-order valence-corrected chi connectivity index (χ2v) is 7.74. The Kier molecular flexibility index (Phi) is 5.02. The Morgan fingerprint density at radius 3 is 2.61 bits per heavy atom. The number of methoxy groups -OCH3 is 2. The summed E-state index contributed by atoms with van der Waals surface area (Å²) < 4.78 is 28.4. The van der Waals surface area contributed by atoms with Gasteiger partial charge in [0.2, 0.25) is 0 Å². The molecular weight excluding hydrogens is 395 g/mol. The van der Waals surface area contributed by atoms with Crippen LogP contribution in [0.4, 0.5) is 10.1 Å². The minimum absolute atomic E-state index is 0.218. The van der Waals surface area contributed by atoms with Crippen LogP contribution in [0.1, 0.15) is 24.2 Å². The standard InChI is InChI=1S/C24H25FN4O2/c1-30-21-11-10-18(13-22(21)31-2)26-14-23-27-29-15-20(16-6-8-17(25)9-7-16)19-5-3-4-12-28(23)24(19)29/h6-11,13,15,26H,3-5,12,14H2,1-2H3. The monoisotopic (exact) mass is 420 g/mol. The number of ether oxygens (including phenoxy) is 2. The third-order valence-electron chi connectivity index (χ3n) is 5.90. The van der Waals surface area contributed by atoms with E-state index in [9.17, 15) is 4.39 Å². The molecule has 3 heterocycles. The molecule has 1 N–H and O–H groups in total. The average molecular weight is 420 g/mol. The number of benzene rings is 2. The number of hydrogen-bond donors (Lipinski definition) is 1. The van der Waals surface area contributed by atoms with Crippen molar-refractivity contribution in [3.8, 4) is 22.6 Å². The molecule has 1 aliphatic rings. The van der Waals surface area contributed by atoms with Crippen LogP contribution >= 0.6 is 0 Å². The number of nitrogens with one attached hydrogen (secondary N) is 1. The van der Waals surface area contributed by atoms with Crippen molar-refractivity contribution in [1.82, 2.24) is 14.2 Å². The molecule has 160 valence electrons. The second kappa shape index (κ2) is 7.98. The van der Waals surface area contributed by atoms with Crippen LogP contribution in [0.15, 0.2) is 48.7 Å². The van der Waals surface area contributed by atoms with Gasteiger partial charge < -0.3 is 19.4 Å². The first-order valence-corrected chi connectivity index (χ1v) is 10.5. The minimum Gasteiger partial charge on any atom is -0.493 e. The van der Waals surface area contributed by atoms with E-state index in [4.69, 9.17) is 14.6 Å². The van der Waals surface area contributed by atoms with Crippen LogP contribution in [0.3, 0.4) is 0 Å². The fourth-order valence-electron chi connectivity index (χ4n) is 4.37. The summed E-state index contributed by atoms with van der Waals surface area (Å²) in [6.45, 7) is 1.54. The fraction of sp³-hybridized carbons (Fsp3) is 0.292. The lowest BCUT2D eigenvalue weighted by molar-refractivity contribution is 0.355. The molecule has 4 aromatic rings. The number of hydrogen-bond acceptors (Lipinski definition) is 4. The summed E-state index contributed by atoms with van der Waals surface area (Å²) in [5.74, 6) is 2.16. The van der Waals surface area contributed by atoms with Gasteiger partial charge in [0.25, 0.3) is 0 Å². The van der Waals surface area contributed by atoms with Crippen LogP contribution in [0.5, 0.6) is 11.5 Å². The fourth-order valence-corrected chi connectivity index (χ4v) is 4.37. The Morgan fingerprint density at radius 1 is 1.03 bits per heavy atom. The molecule has 0 radical (unpaired) electrons. The Bertz CT molecular complexity index is 1230. The number of aromatic nitrogens is 3. The van der Waals surface area contributed by atoms with E-state index in [1.165, 1.54) is 17.7 Å². The van der Waals surface area contributed by atoms with Gasteiger partial charge in [-0.3, -0.25) is 0 Å². The predicted octanol–water partition coefficient (Wildman–Crippen LogP) is 4.91. The van der Waals surface area contributed by atoms with Gasteiger partial charge in [-0.25, -0.2) is 8.91 Å². The zero-order chi connectivity index (χ0) is 21.4. The summed E-state index contributed by atoms with van der Waals surface area (Å²) >= 11 is 0. The van der Waals surface area contributed by atoms with Crippen molar-refractivity contribution in [1.29, 1.82) is 0 Å². The van der Waals surface area contributed by atoms with Crippen molar-refractivity contribution >= 4 is 11.3 Å². The molecule has 0 atom stereocenters. The van der Waals surface area contributed by atoms with Gasteiger partial charge in [0.1, 0.15) is 11.5 Å². The summed E-state index contributed by atoms with van der Waals surface area (Å²) in [5, 5.41) is 8.32. The van der Waals surface area contributed by atoms with Gasteiger partial charge in [0.05, 0.1) is 20.8 Å². The Labute approximate surface area is 180 Å². The van der Waals surface area contributed by atoms with E-state index < -0.39 is 0 Å². The maximum Gasteiger partial charge on any atom is 0.162 e. The number of anilines is 1. The molecule has 31 heavy (non-hydrogen) atoms. The Hall–Kier alpha value is -3.48. The first kappa shape index (κ1) is 19.5. The molecular formula is C24H25FN4O2. The maximum atomic E-state index is 13.4. The number of aryl methyl sites for hydroxylation is 2. The van der Waals surface area contributed by atoms with Crippen LogP contribution in [0.2, 0.25) is 0 Å². The Morgan fingerprint density at radius 2 is 1.84 bits per heavy atom. The molecule has 0 saturated heterocycles. The van der Waals surface area contributed by atoms with E-state index in [0.29, 0.717) is 18.0 Å². The van der Waals surface area contributed by atoms with Gasteiger partial charge in [-0.15, -0.1) is 0 Å². The third kappa shape index (κ3) is 3.50. The predicted molar refractivity (Wildman–Crippen MR) is 118 cm³/mol. The quantitative estimate of drug-likeness (QED) is 0.482. The van der Waals surface area contributed by atoms with Crippen LogP contribution in [-0.2, 0) is 19.5 Å². The molecule has 7 heteroatoms. The van der Waals surface area contributed by atoms with E-state index >= 15 is 0 Å². The molecule has 2 aromatic heterocycles. The lowest BCUT2D eigenvalue weighted by Crippen LogP contribution is -2.09. The summed E-state index contributed by atoms with van der Waals surface area (Å²) in [4.78, 5) is 0. The molecule has 0 unspecified atom stereocenters. The van der Waals surface area contributed by atoms with Crippen molar-refractivity contribution in [2.75, 3.05) is 19.5 Å². The van der Waals surface area contributed by atoms with Crippen LogP contribution in [0.25, 0.3) is 16.8 Å². The molecule has 2 aromatic carbocycles. The van der Waals surface area contributed by atoms with E-state index in [0.717, 1.165) is 54.1 Å². The van der Waals surface area contributed by atoms with Crippen molar-refractivity contribution in [3.05, 3.63) is 65.9 Å². The van der Waals surface area contributed by atoms with Crippen LogP contribution < -0.4 is 14.8 Å². The largest absolute Gasteiger partial charge is 0.493 e. The van der Waals surface area contributed by atoms with Crippen molar-refractivity contribution in [3.63, 3.8) is 0 Å². The molecule has 0 saturated carbocycles. The van der Waals surface area contributed by atoms with Gasteiger partial charge in [-0.2, -0.15) is 5.10 Å². The first-order valence-electron chi connectivity index (χ1n) is 10.5. The highest BCUT2D eigenvalue weighted by Gasteiger charge is 2.22. The van der Waals surface area contributed by atoms with Gasteiger partial charge in [-0.05, 0) is 49.1 Å². The van der Waals surface area contributed by atoms with Crippen molar-refractivity contribution < 1.29 is 13.9 Å². The zero-order valence-electron chi connectivity index (χ0n) is 17.7. The maximum absolute atomic E-state index is 13.4. The lowest BCUT2D eigenvalue weighted by Gasteiger charge is -2.12. The molecule has 0 amide bonds. The first-order chi connectivity index (χ1) is 15.2. The van der Waals surface area contributed by atoms with E-state index in [-0.39, 0.29) is 5.82 Å². The van der Waals surface area contributed by atoms with E-state index in [2.05, 4.69) is 16.1 Å². The van der Waals surface area contributed by atoms with Crippen molar-refractivity contribution in [2.24, 2.45) is 0 Å². The number of rotatable bonds is 6. The molecule has 0 aliphatic carbocycles. The molecule has 0 fully saturated rings. The lowest BCUT2D eigenvalue weighted by atomic mass is 10.0. The van der Waals surface area contributed by atoms with Crippen molar-refractivity contribution in [2.45, 2.75) is 32.4 Å². The molecule has 5 rings (SSSR count). The molecule has 0 spiro atoms. The number of halogens is 1. The van der Waals surface area contributed by atoms with Gasteiger partial charge >= 0.3 is 0 Å². The Balaban J connectivity index is 1.47. The van der Waals surface area contributed by atoms with Crippen LogP contribution in [-0.4, -0.2) is 28.4 Å². The third-order valence-corrected chi connectivity index (χ3v) is 5.90. The summed E-state index contributed by atoms with van der Waals surface area (Å²) in [6, 6.07) is 12.5. The summed E-state index contributed by atoms with van der Waals surface area (Å²) in [7, 11) is 3.26. The molecule has 6 nitrogen and oxygen atoms in total. The topological polar surface area (TPSA) is 52.7 Å². The smallest absolute Gasteiger partial charge is 0.162 e. The normalized spacial score (nSPS) is 13.3. The SMILES string of the molecule is COc1ccc(NCc2nn3cc(-c4ccc(F)cc4)c4c3n2CCCC4)cc1OC. The average Bonchev–Trinajstić information content (AvgIpc) is 3.21. The number of nitrogens with zero attached hydrogens (tertiary/aromatic N) is 3. The van der Waals surface area contributed by atoms with Gasteiger partial charge in [0.15, 0.2) is 17.3 Å². The molecule has 0 bridgehead atoms.